The van der Waals surface area contributed by atoms with E-state index < -0.39 is 0 Å². The average molecular weight is 426 g/mol. The van der Waals surface area contributed by atoms with Gasteiger partial charge in [-0.15, -0.1) is 0 Å². The summed E-state index contributed by atoms with van der Waals surface area (Å²) in [5.74, 6) is 1.02. The minimum Gasteiger partial charge on any atom is -0.497 e. The summed E-state index contributed by atoms with van der Waals surface area (Å²) in [6.45, 7) is 0. The van der Waals surface area contributed by atoms with Crippen LogP contribution in [0.1, 0.15) is 5.56 Å². The highest BCUT2D eigenvalue weighted by atomic mass is 35.5. The lowest BCUT2D eigenvalue weighted by Crippen LogP contribution is -2.27. The largest absolute Gasteiger partial charge is 0.497 e. The number of ether oxygens (including phenoxy) is 2. The molecule has 0 unspecified atom stereocenters. The zero-order valence-corrected chi connectivity index (χ0v) is 16.9. The van der Waals surface area contributed by atoms with Gasteiger partial charge in [0.1, 0.15) is 11.5 Å². The molecular weight excluding hydrogens is 413 g/mol. The van der Waals surface area contributed by atoms with Crippen LogP contribution in [0.25, 0.3) is 6.08 Å². The second kappa shape index (κ2) is 7.88. The van der Waals surface area contributed by atoms with E-state index in [0.29, 0.717) is 36.5 Å². The number of carbonyl (C=O) groups excluding carboxylic acids is 1. The van der Waals surface area contributed by atoms with Crippen molar-refractivity contribution in [3.63, 3.8) is 0 Å². The average Bonchev–Trinajstić information content (AvgIpc) is 2.88. The lowest BCUT2D eigenvalue weighted by Gasteiger charge is -2.15. The maximum Gasteiger partial charge on any atom is 0.270 e. The Kier molecular flexibility index (Phi) is 5.77. The first-order valence-corrected chi connectivity index (χ1v) is 9.37. The molecule has 26 heavy (non-hydrogen) atoms. The second-order valence-electron chi connectivity index (χ2n) is 5.25. The van der Waals surface area contributed by atoms with Crippen LogP contribution >= 0.6 is 47.2 Å². The molecule has 0 saturated carbocycles. The van der Waals surface area contributed by atoms with E-state index in [1.807, 2.05) is 6.07 Å². The van der Waals surface area contributed by atoms with Crippen molar-refractivity contribution >= 4 is 69.2 Å². The first kappa shape index (κ1) is 19.0. The number of carbonyl (C=O) groups is 1. The molecule has 4 nitrogen and oxygen atoms in total. The van der Waals surface area contributed by atoms with Crippen molar-refractivity contribution in [1.29, 1.82) is 0 Å². The van der Waals surface area contributed by atoms with Gasteiger partial charge in [-0.1, -0.05) is 47.2 Å². The Labute approximate surface area is 170 Å². The van der Waals surface area contributed by atoms with E-state index in [-0.39, 0.29) is 5.91 Å². The van der Waals surface area contributed by atoms with Crippen LogP contribution in [0.3, 0.4) is 0 Å². The summed E-state index contributed by atoms with van der Waals surface area (Å²) in [4.78, 5) is 14.8. The number of anilines is 1. The van der Waals surface area contributed by atoms with Gasteiger partial charge in [0.25, 0.3) is 5.91 Å². The van der Waals surface area contributed by atoms with Gasteiger partial charge in [0.05, 0.1) is 24.8 Å². The predicted molar refractivity (Wildman–Crippen MR) is 112 cm³/mol. The third-order valence-electron chi connectivity index (χ3n) is 3.63. The number of benzene rings is 2. The standard InChI is InChI=1S/C18H13Cl2NO3S2/c1-23-14-4-3-10(15(9-14)24-2)5-16-17(22)21(18(25)26-16)13-7-11(19)6-12(20)8-13/h3-9H,1-2H3. The topological polar surface area (TPSA) is 38.8 Å². The van der Waals surface area contributed by atoms with Gasteiger partial charge in [0, 0.05) is 21.7 Å². The van der Waals surface area contributed by atoms with Crippen LogP contribution in [0.5, 0.6) is 11.5 Å². The fourth-order valence-corrected chi connectivity index (χ4v) is 4.24. The number of thiocarbonyl (C=S) groups is 1. The minimum atomic E-state index is -0.240. The maximum atomic E-state index is 12.9. The molecule has 1 fully saturated rings. The molecule has 0 aromatic heterocycles. The number of rotatable bonds is 4. The van der Waals surface area contributed by atoms with E-state index in [0.717, 1.165) is 5.56 Å². The number of methoxy groups -OCH3 is 2. The zero-order valence-electron chi connectivity index (χ0n) is 13.8. The van der Waals surface area contributed by atoms with Gasteiger partial charge in [-0.05, 0) is 36.4 Å². The Hall–Kier alpha value is -1.73. The summed E-state index contributed by atoms with van der Waals surface area (Å²) < 4.78 is 11.0. The molecule has 2 aromatic carbocycles. The molecule has 8 heteroatoms. The Bertz CT molecular complexity index is 910. The van der Waals surface area contributed by atoms with Gasteiger partial charge < -0.3 is 9.47 Å². The first-order valence-electron chi connectivity index (χ1n) is 7.39. The fraction of sp³-hybridized carbons (Fsp3) is 0.111. The Morgan fingerprint density at radius 2 is 1.77 bits per heavy atom. The number of thioether (sulfide) groups is 1. The third kappa shape index (κ3) is 3.83. The predicted octanol–water partition coefficient (Wildman–Crippen LogP) is 5.42. The van der Waals surface area contributed by atoms with Crippen LogP contribution in [0.2, 0.25) is 10.0 Å². The lowest BCUT2D eigenvalue weighted by atomic mass is 10.1. The fourth-order valence-electron chi connectivity index (χ4n) is 2.44. The van der Waals surface area contributed by atoms with E-state index >= 15 is 0 Å². The summed E-state index contributed by atoms with van der Waals surface area (Å²) in [6, 6.07) is 10.3. The molecule has 0 N–H and O–H groups in total. The molecule has 1 aliphatic heterocycles. The van der Waals surface area contributed by atoms with Crippen molar-refractivity contribution in [2.75, 3.05) is 19.1 Å². The van der Waals surface area contributed by atoms with Gasteiger partial charge in [0.15, 0.2) is 4.32 Å². The van der Waals surface area contributed by atoms with Crippen molar-refractivity contribution in [2.24, 2.45) is 0 Å². The number of hydrogen-bond donors (Lipinski definition) is 0. The Morgan fingerprint density at radius 3 is 2.38 bits per heavy atom. The summed E-state index contributed by atoms with van der Waals surface area (Å²) >= 11 is 18.7. The Morgan fingerprint density at radius 1 is 1.08 bits per heavy atom. The molecule has 1 aliphatic rings. The van der Waals surface area contributed by atoms with Gasteiger partial charge in [-0.3, -0.25) is 9.69 Å². The minimum absolute atomic E-state index is 0.240. The maximum absolute atomic E-state index is 12.9. The van der Waals surface area contributed by atoms with E-state index in [2.05, 4.69) is 0 Å². The molecular formula is C18H13Cl2NO3S2. The van der Waals surface area contributed by atoms with Crippen LogP contribution in [0.4, 0.5) is 5.69 Å². The molecule has 0 aliphatic carbocycles. The van der Waals surface area contributed by atoms with Crippen LogP contribution < -0.4 is 14.4 Å². The van der Waals surface area contributed by atoms with Crippen molar-refractivity contribution in [2.45, 2.75) is 0 Å². The van der Waals surface area contributed by atoms with Crippen LogP contribution in [0, 0.1) is 0 Å². The van der Waals surface area contributed by atoms with Gasteiger partial charge in [0.2, 0.25) is 0 Å². The number of halogens is 2. The zero-order chi connectivity index (χ0) is 18.8. The molecule has 0 radical (unpaired) electrons. The van der Waals surface area contributed by atoms with Crippen LogP contribution in [-0.4, -0.2) is 24.4 Å². The summed E-state index contributed by atoms with van der Waals surface area (Å²) in [5.41, 5.74) is 1.29. The molecule has 3 rings (SSSR count). The molecule has 2 aromatic rings. The second-order valence-corrected chi connectivity index (χ2v) is 7.80. The molecule has 134 valence electrons. The van der Waals surface area contributed by atoms with E-state index in [1.54, 1.807) is 50.6 Å². The van der Waals surface area contributed by atoms with Gasteiger partial charge >= 0.3 is 0 Å². The Balaban J connectivity index is 1.97. The van der Waals surface area contributed by atoms with Crippen molar-refractivity contribution in [3.8, 4) is 11.5 Å². The summed E-state index contributed by atoms with van der Waals surface area (Å²) in [7, 11) is 3.14. The lowest BCUT2D eigenvalue weighted by molar-refractivity contribution is -0.113. The highest BCUT2D eigenvalue weighted by Crippen LogP contribution is 2.39. The van der Waals surface area contributed by atoms with Gasteiger partial charge in [-0.2, -0.15) is 0 Å². The summed E-state index contributed by atoms with van der Waals surface area (Å²) in [6.07, 6.45) is 1.74. The molecule has 0 bridgehead atoms. The molecule has 1 saturated heterocycles. The van der Waals surface area contributed by atoms with Gasteiger partial charge in [-0.25, -0.2) is 0 Å². The van der Waals surface area contributed by atoms with E-state index in [9.17, 15) is 4.79 Å². The van der Waals surface area contributed by atoms with Crippen molar-refractivity contribution in [3.05, 3.63) is 56.9 Å². The van der Waals surface area contributed by atoms with Crippen molar-refractivity contribution < 1.29 is 14.3 Å². The molecule has 0 spiro atoms. The quantitative estimate of drug-likeness (QED) is 0.483. The van der Waals surface area contributed by atoms with E-state index in [1.165, 1.54) is 16.7 Å². The first-order chi connectivity index (χ1) is 12.4. The normalized spacial score (nSPS) is 15.7. The van der Waals surface area contributed by atoms with Crippen molar-refractivity contribution in [1.82, 2.24) is 0 Å². The third-order valence-corrected chi connectivity index (χ3v) is 5.37. The monoisotopic (exact) mass is 425 g/mol. The van der Waals surface area contributed by atoms with Crippen LogP contribution in [0.15, 0.2) is 41.3 Å². The smallest absolute Gasteiger partial charge is 0.270 e. The highest BCUT2D eigenvalue weighted by Gasteiger charge is 2.33. The van der Waals surface area contributed by atoms with Crippen LogP contribution in [-0.2, 0) is 4.79 Å². The number of amides is 1. The number of hydrogen-bond acceptors (Lipinski definition) is 5. The molecule has 1 amide bonds. The molecule has 1 heterocycles. The SMILES string of the molecule is COc1ccc(C=C2SC(=S)N(c3cc(Cl)cc(Cl)c3)C2=O)c(OC)c1. The summed E-state index contributed by atoms with van der Waals surface area (Å²) in [5, 5.41) is 0.865. The highest BCUT2D eigenvalue weighted by molar-refractivity contribution is 8.27. The molecule has 0 atom stereocenters. The van der Waals surface area contributed by atoms with E-state index in [4.69, 9.17) is 44.9 Å². The number of nitrogens with zero attached hydrogens (tertiary/aromatic N) is 1.